The van der Waals surface area contributed by atoms with Gasteiger partial charge >= 0.3 is 0 Å². The van der Waals surface area contributed by atoms with Crippen molar-refractivity contribution in [1.82, 2.24) is 23.5 Å². The summed E-state index contributed by atoms with van der Waals surface area (Å²) in [5, 5.41) is 4.79. The Morgan fingerprint density at radius 1 is 0.973 bits per heavy atom. The molecule has 0 amide bonds. The average molecular weight is 515 g/mol. The number of carbonyl (C=O) groups is 1. The van der Waals surface area contributed by atoms with E-state index in [0.717, 1.165) is 3.97 Å². The molecule has 0 unspecified atom stereocenters. The van der Waals surface area contributed by atoms with Gasteiger partial charge in [0, 0.05) is 5.39 Å². The topological polar surface area (TPSA) is 118 Å². The summed E-state index contributed by atoms with van der Waals surface area (Å²) in [6.07, 6.45) is 1.24. The molecule has 3 heterocycles. The van der Waals surface area contributed by atoms with E-state index in [0.29, 0.717) is 22.2 Å². The molecule has 0 bridgehead atoms. The molecule has 9 nitrogen and oxygen atoms in total. The van der Waals surface area contributed by atoms with E-state index < -0.39 is 21.6 Å². The lowest BCUT2D eigenvalue weighted by atomic mass is 10.1. The number of halogens is 1. The number of nitrogens with two attached hydrogens (primary N) is 1. The van der Waals surface area contributed by atoms with Crippen molar-refractivity contribution < 1.29 is 17.6 Å². The molecular formula is C26H19FN6O3S. The minimum atomic E-state index is -4.13. The van der Waals surface area contributed by atoms with E-state index in [4.69, 9.17) is 5.73 Å². The van der Waals surface area contributed by atoms with E-state index in [-0.39, 0.29) is 27.5 Å². The molecule has 6 aromatic rings. The van der Waals surface area contributed by atoms with Gasteiger partial charge in [0.1, 0.15) is 17.0 Å². The van der Waals surface area contributed by atoms with E-state index in [2.05, 4.69) is 10.1 Å². The predicted octanol–water partition coefficient (Wildman–Crippen LogP) is 4.00. The fourth-order valence-electron chi connectivity index (χ4n) is 4.48. The lowest BCUT2D eigenvalue weighted by Gasteiger charge is -2.12. The number of benzene rings is 3. The lowest BCUT2D eigenvalue weighted by molar-refractivity contribution is 0.103. The van der Waals surface area contributed by atoms with Crippen molar-refractivity contribution in [1.29, 1.82) is 0 Å². The molecule has 0 saturated carbocycles. The Kier molecular flexibility index (Phi) is 4.99. The molecule has 6 rings (SSSR count). The van der Waals surface area contributed by atoms with E-state index in [1.807, 2.05) is 0 Å². The first-order valence-electron chi connectivity index (χ1n) is 11.2. The van der Waals surface area contributed by atoms with Crippen molar-refractivity contribution in [2.24, 2.45) is 0 Å². The molecule has 37 heavy (non-hydrogen) atoms. The standard InChI is InChI=1S/C26H19FN6O3S/c1-16-30-21-12-7-11-20(27)24(21)31(16)33-26(28)19(15-29-33)25(34)23-14-17-8-5-6-13-22(17)32(23)37(35,36)18-9-3-2-4-10-18/h2-15H,28H2,1H3. The molecule has 0 radical (unpaired) electrons. The Labute approximate surface area is 210 Å². The number of aromatic nitrogens is 5. The van der Waals surface area contributed by atoms with Crippen molar-refractivity contribution in [3.8, 4) is 0 Å². The van der Waals surface area contributed by atoms with Gasteiger partial charge in [0.05, 0.1) is 27.7 Å². The zero-order valence-electron chi connectivity index (χ0n) is 19.4. The van der Waals surface area contributed by atoms with Crippen LogP contribution in [0.5, 0.6) is 0 Å². The van der Waals surface area contributed by atoms with E-state index in [1.54, 1.807) is 61.5 Å². The van der Waals surface area contributed by atoms with Crippen LogP contribution in [0.2, 0.25) is 0 Å². The van der Waals surface area contributed by atoms with Crippen LogP contribution in [-0.2, 0) is 10.0 Å². The Hall–Kier alpha value is -4.77. The Balaban J connectivity index is 1.55. The van der Waals surface area contributed by atoms with Crippen LogP contribution in [0.3, 0.4) is 0 Å². The molecule has 3 aromatic carbocycles. The zero-order valence-corrected chi connectivity index (χ0v) is 20.2. The predicted molar refractivity (Wildman–Crippen MR) is 136 cm³/mol. The van der Waals surface area contributed by atoms with Gasteiger partial charge in [-0.2, -0.15) is 5.10 Å². The highest BCUT2D eigenvalue weighted by Gasteiger charge is 2.29. The minimum absolute atomic E-state index is 0.0325. The van der Waals surface area contributed by atoms with Crippen LogP contribution in [0.4, 0.5) is 10.2 Å². The number of carbonyl (C=O) groups excluding carboxylic acids is 1. The second kappa shape index (κ2) is 8.14. The number of para-hydroxylation sites is 2. The van der Waals surface area contributed by atoms with Crippen molar-refractivity contribution in [3.05, 3.63) is 108 Å². The van der Waals surface area contributed by atoms with Gasteiger partial charge < -0.3 is 5.73 Å². The van der Waals surface area contributed by atoms with Crippen molar-refractivity contribution >= 4 is 43.6 Å². The number of rotatable bonds is 5. The quantitative estimate of drug-likeness (QED) is 0.348. The Morgan fingerprint density at radius 3 is 2.49 bits per heavy atom. The van der Waals surface area contributed by atoms with Gasteiger partial charge in [0.15, 0.2) is 11.6 Å². The molecule has 0 saturated heterocycles. The van der Waals surface area contributed by atoms with E-state index in [1.165, 1.54) is 39.9 Å². The molecule has 0 aliphatic heterocycles. The SMILES string of the molecule is Cc1nc2cccc(F)c2n1-n1ncc(C(=O)c2cc3ccccc3n2S(=O)(=O)c2ccccc2)c1N. The number of hydrogen-bond donors (Lipinski definition) is 1. The van der Waals surface area contributed by atoms with Crippen molar-refractivity contribution in [2.45, 2.75) is 11.8 Å². The van der Waals surface area contributed by atoms with Gasteiger partial charge in [0.25, 0.3) is 10.0 Å². The molecule has 0 aliphatic carbocycles. The van der Waals surface area contributed by atoms with Gasteiger partial charge in [-0.05, 0) is 43.3 Å². The van der Waals surface area contributed by atoms with Crippen LogP contribution >= 0.6 is 0 Å². The number of aryl methyl sites for hydroxylation is 1. The van der Waals surface area contributed by atoms with Gasteiger partial charge in [-0.3, -0.25) is 4.79 Å². The molecule has 11 heteroatoms. The summed E-state index contributed by atoms with van der Waals surface area (Å²) in [5.74, 6) is -0.879. The lowest BCUT2D eigenvalue weighted by Crippen LogP contribution is -2.20. The number of nitrogen functional groups attached to an aromatic ring is 1. The first-order chi connectivity index (χ1) is 17.8. The number of nitrogens with zero attached hydrogens (tertiary/aromatic N) is 5. The Morgan fingerprint density at radius 2 is 1.70 bits per heavy atom. The van der Waals surface area contributed by atoms with Crippen LogP contribution in [0.1, 0.15) is 21.9 Å². The van der Waals surface area contributed by atoms with E-state index in [9.17, 15) is 17.6 Å². The third kappa shape index (κ3) is 3.35. The van der Waals surface area contributed by atoms with Crippen LogP contribution < -0.4 is 5.73 Å². The van der Waals surface area contributed by atoms with Crippen LogP contribution in [0.15, 0.2) is 90.0 Å². The number of ketones is 1. The minimum Gasteiger partial charge on any atom is -0.382 e. The maximum Gasteiger partial charge on any atom is 0.268 e. The highest BCUT2D eigenvalue weighted by molar-refractivity contribution is 7.90. The maximum atomic E-state index is 14.7. The molecule has 0 aliphatic rings. The first kappa shape index (κ1) is 22.7. The van der Waals surface area contributed by atoms with Gasteiger partial charge in [-0.25, -0.2) is 26.4 Å². The van der Waals surface area contributed by atoms with Crippen molar-refractivity contribution in [2.75, 3.05) is 5.73 Å². The molecule has 0 spiro atoms. The number of hydrogen-bond acceptors (Lipinski definition) is 6. The van der Waals surface area contributed by atoms with Crippen LogP contribution in [-0.4, -0.2) is 37.7 Å². The average Bonchev–Trinajstić information content (AvgIpc) is 3.57. The monoisotopic (exact) mass is 514 g/mol. The summed E-state index contributed by atoms with van der Waals surface area (Å²) in [7, 11) is -4.13. The van der Waals surface area contributed by atoms with Gasteiger partial charge in [-0.1, -0.05) is 42.5 Å². The van der Waals surface area contributed by atoms with Crippen molar-refractivity contribution in [3.63, 3.8) is 0 Å². The zero-order chi connectivity index (χ0) is 25.9. The van der Waals surface area contributed by atoms with E-state index >= 15 is 0 Å². The molecule has 2 N–H and O–H groups in total. The maximum absolute atomic E-state index is 14.7. The van der Waals surface area contributed by atoms with Gasteiger partial charge in [-0.15, -0.1) is 4.79 Å². The first-order valence-corrected chi connectivity index (χ1v) is 12.7. The highest BCUT2D eigenvalue weighted by Crippen LogP contribution is 2.29. The molecule has 0 fully saturated rings. The molecule has 3 aromatic heterocycles. The number of imidazole rings is 1. The van der Waals surface area contributed by atoms with Crippen LogP contribution in [0.25, 0.3) is 21.9 Å². The highest BCUT2D eigenvalue weighted by atomic mass is 32.2. The number of anilines is 1. The Bertz CT molecular complexity index is 1950. The second-order valence-electron chi connectivity index (χ2n) is 8.41. The van der Waals surface area contributed by atoms with Crippen LogP contribution in [0, 0.1) is 12.7 Å². The summed E-state index contributed by atoms with van der Waals surface area (Å²) >= 11 is 0. The largest absolute Gasteiger partial charge is 0.382 e. The summed E-state index contributed by atoms with van der Waals surface area (Å²) < 4.78 is 44.4. The summed E-state index contributed by atoms with van der Waals surface area (Å²) in [6.45, 7) is 1.66. The second-order valence-corrected chi connectivity index (χ2v) is 10.2. The summed E-state index contributed by atoms with van der Waals surface area (Å²) in [5.41, 5.74) is 7.11. The fourth-order valence-corrected chi connectivity index (χ4v) is 6.02. The summed E-state index contributed by atoms with van der Waals surface area (Å²) in [6, 6.07) is 20.6. The summed E-state index contributed by atoms with van der Waals surface area (Å²) in [4.78, 5) is 19.4. The third-order valence-electron chi connectivity index (χ3n) is 6.17. The fraction of sp³-hybridized carbons (Fsp3) is 0.0385. The molecular weight excluding hydrogens is 495 g/mol. The number of fused-ring (bicyclic) bond motifs is 2. The third-order valence-corrected chi connectivity index (χ3v) is 7.91. The molecule has 0 atom stereocenters. The smallest absolute Gasteiger partial charge is 0.268 e. The van der Waals surface area contributed by atoms with Gasteiger partial charge in [0.2, 0.25) is 5.78 Å². The molecule has 184 valence electrons. The normalized spacial score (nSPS) is 11.9.